The molecule has 6 heteroatoms. The number of hydrogen-bond donors (Lipinski definition) is 2. The van der Waals surface area contributed by atoms with Gasteiger partial charge in [-0.25, -0.2) is 4.98 Å². The number of halogens is 3. The van der Waals surface area contributed by atoms with Crippen molar-refractivity contribution in [2.24, 2.45) is 0 Å². The number of aryl methyl sites for hydroxylation is 2. The predicted molar refractivity (Wildman–Crippen MR) is 87.5 cm³/mol. The summed E-state index contributed by atoms with van der Waals surface area (Å²) in [7, 11) is 0. The van der Waals surface area contributed by atoms with Crippen LogP contribution in [0, 0.1) is 0 Å². The molecule has 124 valence electrons. The van der Waals surface area contributed by atoms with E-state index in [2.05, 4.69) is 15.3 Å². The Morgan fingerprint density at radius 1 is 1.08 bits per heavy atom. The topological polar surface area (TPSA) is 40.7 Å². The van der Waals surface area contributed by atoms with Gasteiger partial charge in [0.25, 0.3) is 0 Å². The number of alkyl halides is 3. The number of anilines is 2. The second-order valence-electron chi connectivity index (χ2n) is 6.07. The Morgan fingerprint density at radius 2 is 1.92 bits per heavy atom. The summed E-state index contributed by atoms with van der Waals surface area (Å²) in [4.78, 5) is 7.72. The molecule has 1 aromatic carbocycles. The van der Waals surface area contributed by atoms with E-state index in [9.17, 15) is 13.2 Å². The van der Waals surface area contributed by atoms with Crippen molar-refractivity contribution in [2.75, 3.05) is 5.32 Å². The number of benzene rings is 1. The van der Waals surface area contributed by atoms with Crippen LogP contribution in [0.25, 0.3) is 11.0 Å². The van der Waals surface area contributed by atoms with Gasteiger partial charge in [0.2, 0.25) is 0 Å². The summed E-state index contributed by atoms with van der Waals surface area (Å²) >= 11 is 0. The average molecular weight is 331 g/mol. The summed E-state index contributed by atoms with van der Waals surface area (Å²) in [6, 6.07) is 7.07. The highest BCUT2D eigenvalue weighted by Gasteiger charge is 2.30. The summed E-state index contributed by atoms with van der Waals surface area (Å²) in [6.45, 7) is 0. The smallest absolute Gasteiger partial charge is 0.355 e. The fraction of sp³-hybridized carbons (Fsp3) is 0.278. The van der Waals surface area contributed by atoms with Crippen molar-refractivity contribution in [2.45, 2.75) is 31.9 Å². The first-order valence-corrected chi connectivity index (χ1v) is 7.95. The molecule has 2 N–H and O–H groups in total. The van der Waals surface area contributed by atoms with E-state index in [0.717, 1.165) is 54.5 Å². The van der Waals surface area contributed by atoms with Gasteiger partial charge in [0.05, 0.1) is 11.3 Å². The molecule has 2 heterocycles. The average Bonchev–Trinajstić information content (AvgIpc) is 2.94. The maximum atomic E-state index is 12.9. The van der Waals surface area contributed by atoms with E-state index in [1.807, 2.05) is 6.07 Å². The van der Waals surface area contributed by atoms with Gasteiger partial charge in [-0.1, -0.05) is 6.07 Å². The highest BCUT2D eigenvalue weighted by molar-refractivity contribution is 5.95. The molecule has 1 aliphatic carbocycles. The van der Waals surface area contributed by atoms with Gasteiger partial charge in [0, 0.05) is 23.0 Å². The van der Waals surface area contributed by atoms with Crippen LogP contribution in [-0.4, -0.2) is 9.97 Å². The van der Waals surface area contributed by atoms with Gasteiger partial charge < -0.3 is 10.3 Å². The maximum Gasteiger partial charge on any atom is 0.416 e. The number of pyridine rings is 1. The van der Waals surface area contributed by atoms with Crippen LogP contribution < -0.4 is 5.32 Å². The normalized spacial score (nSPS) is 14.6. The van der Waals surface area contributed by atoms with Crippen molar-refractivity contribution in [3.63, 3.8) is 0 Å². The fourth-order valence-electron chi connectivity index (χ4n) is 3.36. The number of H-pyrrole nitrogens is 1. The summed E-state index contributed by atoms with van der Waals surface area (Å²) in [5.41, 5.74) is 3.77. The van der Waals surface area contributed by atoms with Crippen LogP contribution in [0.2, 0.25) is 0 Å². The van der Waals surface area contributed by atoms with Gasteiger partial charge in [-0.2, -0.15) is 13.2 Å². The lowest BCUT2D eigenvalue weighted by Gasteiger charge is -2.14. The Morgan fingerprint density at radius 3 is 2.75 bits per heavy atom. The van der Waals surface area contributed by atoms with Crippen molar-refractivity contribution >= 4 is 22.4 Å². The Bertz CT molecular complexity index is 896. The van der Waals surface area contributed by atoms with Crippen LogP contribution in [0.3, 0.4) is 0 Å². The van der Waals surface area contributed by atoms with E-state index >= 15 is 0 Å². The van der Waals surface area contributed by atoms with E-state index in [4.69, 9.17) is 0 Å². The molecule has 0 aliphatic heterocycles. The molecule has 0 saturated carbocycles. The molecule has 0 amide bonds. The lowest BCUT2D eigenvalue weighted by Crippen LogP contribution is -2.05. The molecular formula is C18H16F3N3. The Balaban J connectivity index is 1.76. The van der Waals surface area contributed by atoms with E-state index in [1.165, 1.54) is 17.3 Å². The highest BCUT2D eigenvalue weighted by atomic mass is 19.4. The molecule has 3 nitrogen and oxygen atoms in total. The standard InChI is InChI=1S/C18H16F3N3/c19-18(20,21)11-4-3-5-12(10-11)23-15-8-9-22-17-16(15)13-6-1-2-7-14(13)24-17/h3-5,8-10H,1-2,6-7H2,(H2,22,23,24). The molecule has 0 fully saturated rings. The van der Waals surface area contributed by atoms with Crippen molar-refractivity contribution in [3.8, 4) is 0 Å². The van der Waals surface area contributed by atoms with Gasteiger partial charge in [-0.15, -0.1) is 0 Å². The molecule has 4 rings (SSSR count). The van der Waals surface area contributed by atoms with Crippen LogP contribution in [0.15, 0.2) is 36.5 Å². The zero-order valence-corrected chi connectivity index (χ0v) is 12.9. The van der Waals surface area contributed by atoms with Gasteiger partial charge in [-0.05, 0) is 55.5 Å². The zero-order valence-electron chi connectivity index (χ0n) is 12.9. The quantitative estimate of drug-likeness (QED) is 0.677. The number of aromatic amines is 1. The third kappa shape index (κ3) is 2.62. The molecular weight excluding hydrogens is 315 g/mol. The third-order valence-electron chi connectivity index (χ3n) is 4.46. The van der Waals surface area contributed by atoms with E-state index in [-0.39, 0.29) is 0 Å². The molecule has 0 saturated heterocycles. The number of hydrogen-bond acceptors (Lipinski definition) is 2. The van der Waals surface area contributed by atoms with E-state index < -0.39 is 11.7 Å². The fourth-order valence-corrected chi connectivity index (χ4v) is 3.36. The number of nitrogens with zero attached hydrogens (tertiary/aromatic N) is 1. The second-order valence-corrected chi connectivity index (χ2v) is 6.07. The van der Waals surface area contributed by atoms with Crippen molar-refractivity contribution in [3.05, 3.63) is 53.3 Å². The minimum absolute atomic E-state index is 0.420. The first-order valence-electron chi connectivity index (χ1n) is 7.95. The first-order chi connectivity index (χ1) is 11.5. The first kappa shape index (κ1) is 15.1. The molecule has 24 heavy (non-hydrogen) atoms. The van der Waals surface area contributed by atoms with Crippen LogP contribution in [0.4, 0.5) is 24.5 Å². The molecule has 0 spiro atoms. The lowest BCUT2D eigenvalue weighted by molar-refractivity contribution is -0.137. The highest BCUT2D eigenvalue weighted by Crippen LogP contribution is 2.35. The summed E-state index contributed by atoms with van der Waals surface area (Å²) in [6.07, 6.45) is 1.56. The number of rotatable bonds is 2. The molecule has 0 unspecified atom stereocenters. The lowest BCUT2D eigenvalue weighted by atomic mass is 9.95. The van der Waals surface area contributed by atoms with Gasteiger partial charge in [0.1, 0.15) is 5.65 Å². The summed E-state index contributed by atoms with van der Waals surface area (Å²) < 4.78 is 38.7. The molecule has 0 bridgehead atoms. The zero-order chi connectivity index (χ0) is 16.7. The summed E-state index contributed by atoms with van der Waals surface area (Å²) in [5, 5.41) is 4.13. The van der Waals surface area contributed by atoms with Crippen molar-refractivity contribution in [1.29, 1.82) is 0 Å². The maximum absolute atomic E-state index is 12.9. The van der Waals surface area contributed by atoms with Crippen LogP contribution in [0.5, 0.6) is 0 Å². The van der Waals surface area contributed by atoms with Crippen LogP contribution >= 0.6 is 0 Å². The Hall–Kier alpha value is -2.50. The largest absolute Gasteiger partial charge is 0.416 e. The molecule has 1 aliphatic rings. The van der Waals surface area contributed by atoms with Gasteiger partial charge in [-0.3, -0.25) is 0 Å². The van der Waals surface area contributed by atoms with Crippen LogP contribution in [-0.2, 0) is 19.0 Å². The molecule has 0 radical (unpaired) electrons. The molecule has 0 atom stereocenters. The van der Waals surface area contributed by atoms with Gasteiger partial charge >= 0.3 is 6.18 Å². The third-order valence-corrected chi connectivity index (χ3v) is 4.46. The SMILES string of the molecule is FC(F)(F)c1cccc(Nc2ccnc3[nH]c4c(c23)CCCC4)c1. The van der Waals surface area contributed by atoms with E-state index in [1.54, 1.807) is 12.3 Å². The minimum Gasteiger partial charge on any atom is -0.355 e. The number of aromatic nitrogens is 2. The predicted octanol–water partition coefficient (Wildman–Crippen LogP) is 5.20. The number of fused-ring (bicyclic) bond motifs is 3. The van der Waals surface area contributed by atoms with Crippen molar-refractivity contribution in [1.82, 2.24) is 9.97 Å². The van der Waals surface area contributed by atoms with Gasteiger partial charge in [0.15, 0.2) is 0 Å². The Labute approximate surface area is 136 Å². The molecule has 2 aromatic heterocycles. The Kier molecular flexibility index (Phi) is 3.48. The van der Waals surface area contributed by atoms with Crippen LogP contribution in [0.1, 0.15) is 29.7 Å². The minimum atomic E-state index is -4.35. The van der Waals surface area contributed by atoms with E-state index in [0.29, 0.717) is 5.69 Å². The van der Waals surface area contributed by atoms with Crippen molar-refractivity contribution < 1.29 is 13.2 Å². The molecule has 3 aromatic rings. The summed E-state index contributed by atoms with van der Waals surface area (Å²) in [5.74, 6) is 0. The second kappa shape index (κ2) is 5.54. The monoisotopic (exact) mass is 331 g/mol. The number of nitrogens with one attached hydrogen (secondary N) is 2.